The van der Waals surface area contributed by atoms with Gasteiger partial charge in [-0.2, -0.15) is 0 Å². The Bertz CT molecular complexity index is 566. The van der Waals surface area contributed by atoms with Crippen molar-refractivity contribution in [2.75, 3.05) is 14.1 Å². The molecule has 2 N–H and O–H groups in total. The lowest BCUT2D eigenvalue weighted by atomic mass is 10.1. The molecular formula is C12H21N3O3S. The van der Waals surface area contributed by atoms with E-state index in [9.17, 15) is 13.2 Å². The Morgan fingerprint density at radius 1 is 1.21 bits per heavy atom. The molecule has 1 amide bonds. The molecule has 7 heteroatoms. The summed E-state index contributed by atoms with van der Waals surface area (Å²) in [6, 6.07) is 1.59. The number of nitrogens with two attached hydrogens (primary N) is 1. The lowest BCUT2D eigenvalue weighted by molar-refractivity contribution is 0.0820. The van der Waals surface area contributed by atoms with Crippen LogP contribution in [0, 0.1) is 13.8 Å². The van der Waals surface area contributed by atoms with Crippen LogP contribution in [0.2, 0.25) is 0 Å². The number of nitrogens with zero attached hydrogens (tertiary/aromatic N) is 2. The average Bonchev–Trinajstić information content (AvgIpc) is 2.29. The molecule has 1 rings (SSSR count). The third-order valence-corrected chi connectivity index (χ3v) is 3.19. The van der Waals surface area contributed by atoms with Gasteiger partial charge in [-0.15, -0.1) is 0 Å². The van der Waals surface area contributed by atoms with E-state index in [-0.39, 0.29) is 16.6 Å². The summed E-state index contributed by atoms with van der Waals surface area (Å²) in [5.74, 6) is -0.354. The van der Waals surface area contributed by atoms with E-state index < -0.39 is 10.0 Å². The fourth-order valence-electron chi connectivity index (χ4n) is 1.45. The van der Waals surface area contributed by atoms with Gasteiger partial charge in [0.05, 0.1) is 0 Å². The van der Waals surface area contributed by atoms with Gasteiger partial charge in [0, 0.05) is 14.1 Å². The Kier molecular flexibility index (Phi) is 6.11. The van der Waals surface area contributed by atoms with Gasteiger partial charge < -0.3 is 4.90 Å². The third-order valence-electron chi connectivity index (χ3n) is 2.24. The molecule has 1 heterocycles. The van der Waals surface area contributed by atoms with Crippen molar-refractivity contribution in [3.05, 3.63) is 22.9 Å². The van der Waals surface area contributed by atoms with Crippen LogP contribution in [0.3, 0.4) is 0 Å². The van der Waals surface area contributed by atoms with E-state index >= 15 is 0 Å². The van der Waals surface area contributed by atoms with Crippen LogP contribution < -0.4 is 5.14 Å². The van der Waals surface area contributed by atoms with E-state index in [1.54, 1.807) is 34.0 Å². The summed E-state index contributed by atoms with van der Waals surface area (Å²) >= 11 is 0. The second-order valence-corrected chi connectivity index (χ2v) is 5.50. The summed E-state index contributed by atoms with van der Waals surface area (Å²) in [5, 5.41) is 4.78. The molecule has 19 heavy (non-hydrogen) atoms. The highest BCUT2D eigenvalue weighted by Crippen LogP contribution is 2.16. The van der Waals surface area contributed by atoms with Crippen LogP contribution in [0.4, 0.5) is 0 Å². The summed E-state index contributed by atoms with van der Waals surface area (Å²) in [6.07, 6.45) is 0. The van der Waals surface area contributed by atoms with Crippen LogP contribution in [0.15, 0.2) is 11.1 Å². The Morgan fingerprint density at radius 2 is 1.68 bits per heavy atom. The van der Waals surface area contributed by atoms with Crippen LogP contribution in [0.1, 0.15) is 35.5 Å². The van der Waals surface area contributed by atoms with Gasteiger partial charge in [0.1, 0.15) is 5.69 Å². The minimum absolute atomic E-state index is 0.102. The number of sulfonamides is 1. The van der Waals surface area contributed by atoms with Gasteiger partial charge >= 0.3 is 0 Å². The molecule has 1 aromatic heterocycles. The molecule has 0 fully saturated rings. The molecule has 1 aromatic rings. The SMILES string of the molecule is CC.Cc1cc(C)c(S(N)(=O)=O)nc1C(=O)N(C)C. The van der Waals surface area contributed by atoms with E-state index in [1.807, 2.05) is 13.8 Å². The van der Waals surface area contributed by atoms with Gasteiger partial charge in [-0.3, -0.25) is 4.79 Å². The standard InChI is InChI=1S/C10H15N3O3S.C2H6/c1-6-5-7(2)9(17(11,15)16)12-8(6)10(14)13(3)4;1-2/h5H,1-4H3,(H2,11,15,16);1-2H3. The van der Waals surface area contributed by atoms with Gasteiger partial charge in [-0.25, -0.2) is 18.5 Å². The van der Waals surface area contributed by atoms with Crippen LogP contribution in [0.25, 0.3) is 0 Å². The largest absolute Gasteiger partial charge is 0.343 e. The average molecular weight is 287 g/mol. The Labute approximate surface area is 114 Å². The molecule has 0 saturated carbocycles. The highest BCUT2D eigenvalue weighted by atomic mass is 32.2. The van der Waals surface area contributed by atoms with Crippen LogP contribution >= 0.6 is 0 Å². The fourth-order valence-corrected chi connectivity index (χ4v) is 2.18. The molecule has 108 valence electrons. The highest BCUT2D eigenvalue weighted by Gasteiger charge is 2.20. The van der Waals surface area contributed by atoms with E-state index in [0.29, 0.717) is 11.1 Å². The highest BCUT2D eigenvalue weighted by molar-refractivity contribution is 7.89. The van der Waals surface area contributed by atoms with Crippen molar-refractivity contribution in [3.8, 4) is 0 Å². The summed E-state index contributed by atoms with van der Waals surface area (Å²) in [4.78, 5) is 17.0. The van der Waals surface area contributed by atoms with Gasteiger partial charge in [0.15, 0.2) is 5.03 Å². The first-order chi connectivity index (χ1) is 8.64. The zero-order valence-corrected chi connectivity index (χ0v) is 13.0. The topological polar surface area (TPSA) is 93.4 Å². The monoisotopic (exact) mass is 287 g/mol. The summed E-state index contributed by atoms with van der Waals surface area (Å²) in [5.41, 5.74) is 1.15. The number of primary sulfonamides is 1. The Hall–Kier alpha value is -1.47. The lowest BCUT2D eigenvalue weighted by Crippen LogP contribution is -2.26. The van der Waals surface area contributed by atoms with E-state index in [4.69, 9.17) is 5.14 Å². The molecule has 0 aromatic carbocycles. The molecule has 0 bridgehead atoms. The number of rotatable bonds is 2. The van der Waals surface area contributed by atoms with Crippen molar-refractivity contribution in [2.24, 2.45) is 5.14 Å². The van der Waals surface area contributed by atoms with Crippen molar-refractivity contribution >= 4 is 15.9 Å². The van der Waals surface area contributed by atoms with Crippen molar-refractivity contribution in [3.63, 3.8) is 0 Å². The molecule has 0 atom stereocenters. The maximum absolute atomic E-state index is 11.8. The number of hydrogen-bond acceptors (Lipinski definition) is 4. The Morgan fingerprint density at radius 3 is 2.05 bits per heavy atom. The number of carbonyl (C=O) groups is 1. The van der Waals surface area contributed by atoms with Gasteiger partial charge in [0.2, 0.25) is 0 Å². The van der Waals surface area contributed by atoms with Crippen LogP contribution in [-0.2, 0) is 10.0 Å². The minimum Gasteiger partial charge on any atom is -0.343 e. The normalized spacial score (nSPS) is 10.5. The minimum atomic E-state index is -3.91. The van der Waals surface area contributed by atoms with E-state index in [2.05, 4.69) is 4.98 Å². The maximum Gasteiger partial charge on any atom is 0.272 e. The number of pyridine rings is 1. The summed E-state index contributed by atoms with van der Waals surface area (Å²) in [7, 11) is -0.775. The zero-order chi connectivity index (χ0) is 15.4. The maximum atomic E-state index is 11.8. The van der Waals surface area contributed by atoms with Crippen LogP contribution in [0.5, 0.6) is 0 Å². The third kappa shape index (κ3) is 4.29. The predicted octanol–water partition coefficient (Wildman–Crippen LogP) is 1.07. The van der Waals surface area contributed by atoms with Crippen molar-refractivity contribution in [1.29, 1.82) is 0 Å². The van der Waals surface area contributed by atoms with Gasteiger partial charge in [0.25, 0.3) is 15.9 Å². The zero-order valence-electron chi connectivity index (χ0n) is 12.2. The summed E-state index contributed by atoms with van der Waals surface area (Å²) in [6.45, 7) is 7.29. The molecule has 0 radical (unpaired) electrons. The molecule has 6 nitrogen and oxygen atoms in total. The van der Waals surface area contributed by atoms with Gasteiger partial charge in [-0.1, -0.05) is 19.9 Å². The molecule has 0 saturated heterocycles. The molecule has 0 aliphatic heterocycles. The van der Waals surface area contributed by atoms with E-state index in [1.165, 1.54) is 4.90 Å². The molecule has 0 spiro atoms. The predicted molar refractivity (Wildman–Crippen MR) is 74.4 cm³/mol. The fraction of sp³-hybridized carbons (Fsp3) is 0.500. The van der Waals surface area contributed by atoms with Gasteiger partial charge in [-0.05, 0) is 25.0 Å². The Balaban J connectivity index is 0.00000154. The number of carbonyl (C=O) groups excluding carboxylic acids is 1. The lowest BCUT2D eigenvalue weighted by Gasteiger charge is -2.13. The first-order valence-electron chi connectivity index (χ1n) is 5.87. The molecular weight excluding hydrogens is 266 g/mol. The van der Waals surface area contributed by atoms with Crippen molar-refractivity contribution in [1.82, 2.24) is 9.88 Å². The van der Waals surface area contributed by atoms with Crippen molar-refractivity contribution in [2.45, 2.75) is 32.7 Å². The van der Waals surface area contributed by atoms with Crippen molar-refractivity contribution < 1.29 is 13.2 Å². The first kappa shape index (κ1) is 17.5. The van der Waals surface area contributed by atoms with Crippen LogP contribution in [-0.4, -0.2) is 38.3 Å². The second-order valence-electron chi connectivity index (χ2n) is 4.02. The number of amides is 1. The summed E-state index contributed by atoms with van der Waals surface area (Å²) < 4.78 is 22.6. The van der Waals surface area contributed by atoms with E-state index in [0.717, 1.165) is 0 Å². The molecule has 0 aliphatic rings. The molecule has 0 aliphatic carbocycles. The quantitative estimate of drug-likeness (QED) is 0.880. The number of hydrogen-bond donors (Lipinski definition) is 1. The first-order valence-corrected chi connectivity index (χ1v) is 7.42. The molecule has 0 unspecified atom stereocenters. The second kappa shape index (κ2) is 6.63. The number of aryl methyl sites for hydroxylation is 2. The smallest absolute Gasteiger partial charge is 0.272 e. The number of aromatic nitrogens is 1.